The number of rotatable bonds is 2. The first-order valence-corrected chi connectivity index (χ1v) is 3.66. The van der Waals surface area contributed by atoms with Crippen LogP contribution in [-0.4, -0.2) is 24.4 Å². The Balaban J connectivity index is 2.48. The van der Waals surface area contributed by atoms with E-state index < -0.39 is 5.60 Å². The molecule has 0 saturated heterocycles. The third-order valence-electron chi connectivity index (χ3n) is 1.80. The van der Waals surface area contributed by atoms with Crippen LogP contribution in [0.5, 0.6) is 0 Å². The van der Waals surface area contributed by atoms with E-state index in [9.17, 15) is 5.11 Å². The van der Waals surface area contributed by atoms with Crippen LogP contribution in [0.1, 0.15) is 19.3 Å². The predicted molar refractivity (Wildman–Crippen MR) is 39.8 cm³/mol. The molecule has 2 nitrogen and oxygen atoms in total. The van der Waals surface area contributed by atoms with Gasteiger partial charge >= 0.3 is 0 Å². The van der Waals surface area contributed by atoms with Crippen LogP contribution in [-0.2, 0) is 4.74 Å². The third kappa shape index (κ3) is 1.82. The van der Waals surface area contributed by atoms with E-state index in [2.05, 4.69) is 0 Å². The highest BCUT2D eigenvalue weighted by Gasteiger charge is 2.24. The zero-order valence-corrected chi connectivity index (χ0v) is 6.34. The molecule has 58 valence electrons. The largest absolute Gasteiger partial charge is 0.383 e. The molecule has 1 aliphatic carbocycles. The summed E-state index contributed by atoms with van der Waals surface area (Å²) in [4.78, 5) is 0. The van der Waals surface area contributed by atoms with E-state index in [1.165, 1.54) is 0 Å². The van der Waals surface area contributed by atoms with Gasteiger partial charge in [0.15, 0.2) is 0 Å². The lowest BCUT2D eigenvalue weighted by atomic mass is 9.92. The van der Waals surface area contributed by atoms with Gasteiger partial charge in [0.1, 0.15) is 5.60 Å². The highest BCUT2D eigenvalue weighted by Crippen LogP contribution is 2.21. The lowest BCUT2D eigenvalue weighted by molar-refractivity contribution is -0.00391. The molecule has 0 aromatic carbocycles. The molecule has 2 heteroatoms. The zero-order chi connectivity index (χ0) is 7.45. The Bertz CT molecular complexity index is 131. The summed E-state index contributed by atoms with van der Waals surface area (Å²) < 4.78 is 4.88. The molecule has 1 N–H and O–H groups in total. The van der Waals surface area contributed by atoms with E-state index in [1.807, 2.05) is 12.2 Å². The van der Waals surface area contributed by atoms with Crippen molar-refractivity contribution in [3.05, 3.63) is 12.2 Å². The minimum absolute atomic E-state index is 0.420. The Morgan fingerprint density at radius 3 is 3.00 bits per heavy atom. The second kappa shape index (κ2) is 3.17. The van der Waals surface area contributed by atoms with Crippen molar-refractivity contribution in [3.63, 3.8) is 0 Å². The summed E-state index contributed by atoms with van der Waals surface area (Å²) in [6.07, 6.45) is 6.85. The fourth-order valence-corrected chi connectivity index (χ4v) is 1.28. The van der Waals surface area contributed by atoms with Crippen LogP contribution >= 0.6 is 0 Å². The van der Waals surface area contributed by atoms with Crippen molar-refractivity contribution in [2.24, 2.45) is 0 Å². The summed E-state index contributed by atoms with van der Waals surface area (Å²) in [7, 11) is 1.61. The first-order chi connectivity index (χ1) is 4.77. The van der Waals surface area contributed by atoms with E-state index in [1.54, 1.807) is 7.11 Å². The fraction of sp³-hybridized carbons (Fsp3) is 0.750. The second-order valence-electron chi connectivity index (χ2n) is 2.83. The molecule has 1 atom stereocenters. The molecule has 1 aliphatic rings. The topological polar surface area (TPSA) is 29.5 Å². The normalized spacial score (nSPS) is 32.6. The molecule has 0 aliphatic heterocycles. The summed E-state index contributed by atoms with van der Waals surface area (Å²) in [5.74, 6) is 0. The molecule has 0 fully saturated rings. The first kappa shape index (κ1) is 7.76. The van der Waals surface area contributed by atoms with Crippen LogP contribution in [0.4, 0.5) is 0 Å². The maximum atomic E-state index is 9.66. The van der Waals surface area contributed by atoms with Gasteiger partial charge in [-0.2, -0.15) is 0 Å². The van der Waals surface area contributed by atoms with Crippen LogP contribution in [0, 0.1) is 0 Å². The van der Waals surface area contributed by atoms with Crippen molar-refractivity contribution in [1.82, 2.24) is 0 Å². The van der Waals surface area contributed by atoms with Gasteiger partial charge in [0.05, 0.1) is 6.61 Å². The van der Waals surface area contributed by atoms with Gasteiger partial charge in [0.2, 0.25) is 0 Å². The third-order valence-corrected chi connectivity index (χ3v) is 1.80. The lowest BCUT2D eigenvalue weighted by Crippen LogP contribution is -2.32. The van der Waals surface area contributed by atoms with Crippen molar-refractivity contribution in [3.8, 4) is 0 Å². The monoisotopic (exact) mass is 142 g/mol. The van der Waals surface area contributed by atoms with Crippen LogP contribution in [0.3, 0.4) is 0 Å². The molecule has 0 bridgehead atoms. The fourth-order valence-electron chi connectivity index (χ4n) is 1.28. The molecule has 1 rings (SSSR count). The van der Waals surface area contributed by atoms with Crippen LogP contribution < -0.4 is 0 Å². The Kier molecular flexibility index (Phi) is 2.46. The van der Waals surface area contributed by atoms with Gasteiger partial charge in [-0.05, 0) is 19.3 Å². The molecule has 0 saturated carbocycles. The molecule has 1 unspecified atom stereocenters. The van der Waals surface area contributed by atoms with Gasteiger partial charge in [0, 0.05) is 7.11 Å². The van der Waals surface area contributed by atoms with Gasteiger partial charge in [0.25, 0.3) is 0 Å². The quantitative estimate of drug-likeness (QED) is 0.585. The van der Waals surface area contributed by atoms with Crippen molar-refractivity contribution in [2.75, 3.05) is 13.7 Å². The Morgan fingerprint density at radius 1 is 1.70 bits per heavy atom. The number of hydrogen-bond donors (Lipinski definition) is 1. The minimum atomic E-state index is -0.674. The molecule has 0 aromatic heterocycles. The molecule has 0 heterocycles. The van der Waals surface area contributed by atoms with Crippen molar-refractivity contribution >= 4 is 0 Å². The predicted octanol–water partition coefficient (Wildman–Crippen LogP) is 1.10. The summed E-state index contributed by atoms with van der Waals surface area (Å²) in [6, 6.07) is 0. The Morgan fingerprint density at radius 2 is 2.50 bits per heavy atom. The van der Waals surface area contributed by atoms with E-state index in [-0.39, 0.29) is 0 Å². The average Bonchev–Trinajstić information content (AvgIpc) is 1.89. The molecule has 10 heavy (non-hydrogen) atoms. The summed E-state index contributed by atoms with van der Waals surface area (Å²) in [5, 5.41) is 9.66. The second-order valence-corrected chi connectivity index (χ2v) is 2.83. The number of hydrogen-bond acceptors (Lipinski definition) is 2. The number of ether oxygens (including phenoxy) is 1. The molecular formula is C8H14O2. The molecular weight excluding hydrogens is 128 g/mol. The average molecular weight is 142 g/mol. The van der Waals surface area contributed by atoms with Gasteiger partial charge < -0.3 is 9.84 Å². The smallest absolute Gasteiger partial charge is 0.106 e. The van der Waals surface area contributed by atoms with Crippen LogP contribution in [0.2, 0.25) is 0 Å². The van der Waals surface area contributed by atoms with E-state index >= 15 is 0 Å². The zero-order valence-electron chi connectivity index (χ0n) is 6.34. The van der Waals surface area contributed by atoms with Gasteiger partial charge in [-0.25, -0.2) is 0 Å². The van der Waals surface area contributed by atoms with Crippen molar-refractivity contribution in [2.45, 2.75) is 24.9 Å². The standard InChI is InChI=1S/C8H14O2/c1-10-7-8(9)5-3-2-4-6-8/h3,5,9H,2,4,6-7H2,1H3. The Labute approximate surface area is 61.5 Å². The Hall–Kier alpha value is -0.340. The molecule has 0 aromatic rings. The first-order valence-electron chi connectivity index (χ1n) is 3.66. The summed E-state index contributed by atoms with van der Waals surface area (Å²) in [6.45, 7) is 0.420. The van der Waals surface area contributed by atoms with Gasteiger partial charge in [-0.1, -0.05) is 12.2 Å². The van der Waals surface area contributed by atoms with Crippen LogP contribution in [0.25, 0.3) is 0 Å². The SMILES string of the molecule is COCC1(O)C=CCCC1. The highest BCUT2D eigenvalue weighted by molar-refractivity contribution is 5.04. The van der Waals surface area contributed by atoms with Crippen molar-refractivity contribution in [1.29, 1.82) is 0 Å². The van der Waals surface area contributed by atoms with Crippen LogP contribution in [0.15, 0.2) is 12.2 Å². The summed E-state index contributed by atoms with van der Waals surface area (Å²) >= 11 is 0. The van der Waals surface area contributed by atoms with E-state index in [4.69, 9.17) is 4.74 Å². The lowest BCUT2D eigenvalue weighted by Gasteiger charge is -2.26. The maximum Gasteiger partial charge on any atom is 0.106 e. The van der Waals surface area contributed by atoms with E-state index in [0.717, 1.165) is 19.3 Å². The minimum Gasteiger partial charge on any atom is -0.383 e. The number of methoxy groups -OCH3 is 1. The van der Waals surface area contributed by atoms with E-state index in [0.29, 0.717) is 6.61 Å². The maximum absolute atomic E-state index is 9.66. The number of aliphatic hydroxyl groups is 1. The molecule has 0 radical (unpaired) electrons. The van der Waals surface area contributed by atoms with Gasteiger partial charge in [-0.15, -0.1) is 0 Å². The molecule has 0 spiro atoms. The number of allylic oxidation sites excluding steroid dienone is 1. The van der Waals surface area contributed by atoms with Crippen molar-refractivity contribution < 1.29 is 9.84 Å². The highest BCUT2D eigenvalue weighted by atomic mass is 16.5. The summed E-state index contributed by atoms with van der Waals surface area (Å²) in [5.41, 5.74) is -0.674. The van der Waals surface area contributed by atoms with Gasteiger partial charge in [-0.3, -0.25) is 0 Å². The molecule has 0 amide bonds.